The van der Waals surface area contributed by atoms with E-state index in [2.05, 4.69) is 29.0 Å². The fourth-order valence-corrected chi connectivity index (χ4v) is 2.38. The van der Waals surface area contributed by atoms with Gasteiger partial charge in [0.05, 0.1) is 12.7 Å². The number of nitrogens with zero attached hydrogens (tertiary/aromatic N) is 1. The summed E-state index contributed by atoms with van der Waals surface area (Å²) in [6.07, 6.45) is 1.74. The van der Waals surface area contributed by atoms with Crippen molar-refractivity contribution in [3.8, 4) is 11.3 Å². The fraction of sp³-hybridized carbons (Fsp3) is 0.214. The number of aryl methyl sites for hydroxylation is 2. The first-order valence-corrected chi connectivity index (χ1v) is 5.93. The molecule has 4 nitrogen and oxygen atoms in total. The number of aromatic amines is 1. The van der Waals surface area contributed by atoms with Crippen molar-refractivity contribution in [2.45, 2.75) is 20.4 Å². The zero-order valence-corrected chi connectivity index (χ0v) is 10.4. The summed E-state index contributed by atoms with van der Waals surface area (Å²) in [7, 11) is 0. The van der Waals surface area contributed by atoms with Crippen LogP contribution in [0.3, 0.4) is 0 Å². The van der Waals surface area contributed by atoms with Gasteiger partial charge in [-0.1, -0.05) is 12.1 Å². The van der Waals surface area contributed by atoms with Gasteiger partial charge in [0.1, 0.15) is 0 Å². The zero-order chi connectivity index (χ0) is 12.7. The van der Waals surface area contributed by atoms with Gasteiger partial charge >= 0.3 is 0 Å². The molecule has 0 fully saturated rings. The second-order valence-corrected chi connectivity index (χ2v) is 4.44. The molecule has 2 aromatic heterocycles. The molecular formula is C14H15N3O. The Morgan fingerprint density at radius 2 is 2.17 bits per heavy atom. The molecule has 0 atom stereocenters. The van der Waals surface area contributed by atoms with Crippen LogP contribution in [0.25, 0.3) is 22.2 Å². The highest BCUT2D eigenvalue weighted by Crippen LogP contribution is 2.34. The van der Waals surface area contributed by atoms with Crippen molar-refractivity contribution in [3.05, 3.63) is 41.5 Å². The molecule has 92 valence electrons. The molecule has 4 heteroatoms. The van der Waals surface area contributed by atoms with Crippen LogP contribution in [-0.2, 0) is 6.54 Å². The van der Waals surface area contributed by atoms with Crippen LogP contribution in [0.2, 0.25) is 0 Å². The first kappa shape index (κ1) is 11.0. The third kappa shape index (κ3) is 1.54. The highest BCUT2D eigenvalue weighted by Gasteiger charge is 2.15. The van der Waals surface area contributed by atoms with Crippen molar-refractivity contribution < 1.29 is 4.42 Å². The van der Waals surface area contributed by atoms with Crippen LogP contribution in [-0.4, -0.2) is 9.97 Å². The molecule has 2 heterocycles. The molecule has 1 aromatic carbocycles. The van der Waals surface area contributed by atoms with Gasteiger partial charge < -0.3 is 15.1 Å². The fourth-order valence-electron chi connectivity index (χ4n) is 2.38. The van der Waals surface area contributed by atoms with E-state index in [-0.39, 0.29) is 0 Å². The lowest BCUT2D eigenvalue weighted by Crippen LogP contribution is -1.94. The largest absolute Gasteiger partial charge is 0.439 e. The van der Waals surface area contributed by atoms with Gasteiger partial charge in [0.2, 0.25) is 5.89 Å². The molecule has 0 aliphatic rings. The van der Waals surface area contributed by atoms with Crippen LogP contribution >= 0.6 is 0 Å². The molecule has 0 spiro atoms. The standard InChI is InChI=1S/C14H15N3O/c1-8-4-3-5-10-13(8)14(9(2)17-10)11-7-16-12(6-15)18-11/h3-5,7,17H,6,15H2,1-2H3. The van der Waals surface area contributed by atoms with Crippen LogP contribution in [0, 0.1) is 13.8 Å². The maximum Gasteiger partial charge on any atom is 0.208 e. The van der Waals surface area contributed by atoms with Gasteiger partial charge in [-0.25, -0.2) is 4.98 Å². The molecule has 0 radical (unpaired) electrons. The zero-order valence-electron chi connectivity index (χ0n) is 10.4. The Bertz CT molecular complexity index is 709. The Morgan fingerprint density at radius 1 is 1.33 bits per heavy atom. The van der Waals surface area contributed by atoms with Gasteiger partial charge in [0.15, 0.2) is 5.76 Å². The molecule has 3 rings (SSSR count). The van der Waals surface area contributed by atoms with Crippen LogP contribution in [0.15, 0.2) is 28.8 Å². The minimum atomic E-state index is 0.320. The molecule has 0 aliphatic heterocycles. The van der Waals surface area contributed by atoms with E-state index in [4.69, 9.17) is 10.2 Å². The first-order valence-electron chi connectivity index (χ1n) is 5.93. The SMILES string of the molecule is Cc1[nH]c2cccc(C)c2c1-c1cnc(CN)o1. The number of nitrogens with two attached hydrogens (primary N) is 1. The Kier molecular flexibility index (Phi) is 2.45. The van der Waals surface area contributed by atoms with E-state index in [0.717, 1.165) is 22.5 Å². The van der Waals surface area contributed by atoms with Crippen LogP contribution < -0.4 is 5.73 Å². The van der Waals surface area contributed by atoms with E-state index in [0.29, 0.717) is 12.4 Å². The molecule has 18 heavy (non-hydrogen) atoms. The number of benzene rings is 1. The minimum Gasteiger partial charge on any atom is -0.439 e. The number of oxazole rings is 1. The van der Waals surface area contributed by atoms with Gasteiger partial charge in [-0.15, -0.1) is 0 Å². The lowest BCUT2D eigenvalue weighted by Gasteiger charge is -1.99. The summed E-state index contributed by atoms with van der Waals surface area (Å²) in [6.45, 7) is 4.46. The summed E-state index contributed by atoms with van der Waals surface area (Å²) in [5.41, 5.74) is 10.0. The van der Waals surface area contributed by atoms with E-state index < -0.39 is 0 Å². The number of hydrogen-bond acceptors (Lipinski definition) is 3. The molecule has 3 N–H and O–H groups in total. The van der Waals surface area contributed by atoms with E-state index >= 15 is 0 Å². The topological polar surface area (TPSA) is 67.8 Å². The third-order valence-corrected chi connectivity index (χ3v) is 3.19. The van der Waals surface area contributed by atoms with Crippen molar-refractivity contribution in [1.82, 2.24) is 9.97 Å². The number of H-pyrrole nitrogens is 1. The van der Waals surface area contributed by atoms with E-state index in [9.17, 15) is 0 Å². The van der Waals surface area contributed by atoms with Crippen molar-refractivity contribution in [1.29, 1.82) is 0 Å². The van der Waals surface area contributed by atoms with Crippen LogP contribution in [0.1, 0.15) is 17.1 Å². The highest BCUT2D eigenvalue weighted by atomic mass is 16.4. The second-order valence-electron chi connectivity index (χ2n) is 4.44. The average Bonchev–Trinajstić information content (AvgIpc) is 2.92. The van der Waals surface area contributed by atoms with Crippen molar-refractivity contribution in [3.63, 3.8) is 0 Å². The molecule has 0 aliphatic carbocycles. The van der Waals surface area contributed by atoms with E-state index in [1.807, 2.05) is 13.0 Å². The number of nitrogens with one attached hydrogen (secondary N) is 1. The molecule has 0 saturated carbocycles. The van der Waals surface area contributed by atoms with Crippen molar-refractivity contribution in [2.24, 2.45) is 5.73 Å². The maximum absolute atomic E-state index is 5.67. The molecule has 3 aromatic rings. The number of aromatic nitrogens is 2. The normalized spacial score (nSPS) is 11.3. The second kappa shape index (κ2) is 3.99. The summed E-state index contributed by atoms with van der Waals surface area (Å²) in [4.78, 5) is 7.54. The number of fused-ring (bicyclic) bond motifs is 1. The summed E-state index contributed by atoms with van der Waals surface area (Å²) in [6, 6.07) is 6.21. The van der Waals surface area contributed by atoms with Crippen molar-refractivity contribution in [2.75, 3.05) is 0 Å². The van der Waals surface area contributed by atoms with E-state index in [1.54, 1.807) is 6.20 Å². The van der Waals surface area contributed by atoms with E-state index in [1.165, 1.54) is 10.9 Å². The summed E-state index contributed by atoms with van der Waals surface area (Å²) >= 11 is 0. The van der Waals surface area contributed by atoms with Gasteiger partial charge in [-0.3, -0.25) is 0 Å². The van der Waals surface area contributed by atoms with Crippen molar-refractivity contribution >= 4 is 10.9 Å². The Balaban J connectivity index is 2.30. The lowest BCUT2D eigenvalue weighted by atomic mass is 10.0. The smallest absolute Gasteiger partial charge is 0.208 e. The van der Waals surface area contributed by atoms with Gasteiger partial charge in [0, 0.05) is 22.2 Å². The monoisotopic (exact) mass is 241 g/mol. The predicted molar refractivity (Wildman–Crippen MR) is 71.2 cm³/mol. The van der Waals surface area contributed by atoms with Crippen LogP contribution in [0.5, 0.6) is 0 Å². The average molecular weight is 241 g/mol. The minimum absolute atomic E-state index is 0.320. The first-order chi connectivity index (χ1) is 8.70. The summed E-state index contributed by atoms with van der Waals surface area (Å²) in [5.74, 6) is 1.33. The van der Waals surface area contributed by atoms with Crippen LogP contribution in [0.4, 0.5) is 0 Å². The molecule has 0 unspecified atom stereocenters. The molecule has 0 bridgehead atoms. The van der Waals surface area contributed by atoms with Gasteiger partial charge in [-0.2, -0.15) is 0 Å². The number of hydrogen-bond donors (Lipinski definition) is 2. The lowest BCUT2D eigenvalue weighted by molar-refractivity contribution is 0.510. The summed E-state index contributed by atoms with van der Waals surface area (Å²) in [5, 5.41) is 1.19. The Hall–Kier alpha value is -2.07. The summed E-state index contributed by atoms with van der Waals surface area (Å²) < 4.78 is 5.67. The predicted octanol–water partition coefficient (Wildman–Crippen LogP) is 2.90. The molecule has 0 saturated heterocycles. The van der Waals surface area contributed by atoms with Gasteiger partial charge in [-0.05, 0) is 25.5 Å². The quantitative estimate of drug-likeness (QED) is 0.724. The maximum atomic E-state index is 5.67. The Labute approximate surface area is 105 Å². The molecular weight excluding hydrogens is 226 g/mol. The Morgan fingerprint density at radius 3 is 2.89 bits per heavy atom. The number of rotatable bonds is 2. The third-order valence-electron chi connectivity index (χ3n) is 3.19. The molecule has 0 amide bonds. The van der Waals surface area contributed by atoms with Gasteiger partial charge in [0.25, 0.3) is 0 Å². The highest BCUT2D eigenvalue weighted by molar-refractivity contribution is 5.98.